The molecule has 1 aliphatic heterocycles. The lowest BCUT2D eigenvalue weighted by atomic mass is 9.98. The van der Waals surface area contributed by atoms with Crippen LogP contribution in [0.3, 0.4) is 0 Å². The van der Waals surface area contributed by atoms with Crippen LogP contribution in [0.25, 0.3) is 16.0 Å². The Kier molecular flexibility index (Phi) is 16.2. The molecule has 61 heavy (non-hydrogen) atoms. The van der Waals surface area contributed by atoms with Gasteiger partial charge in [-0.05, 0) is 90.3 Å². The van der Waals surface area contributed by atoms with E-state index < -0.39 is 34.9 Å². The van der Waals surface area contributed by atoms with Crippen molar-refractivity contribution in [3.8, 4) is 28.4 Å². The summed E-state index contributed by atoms with van der Waals surface area (Å²) in [5.41, 5.74) is 7.34. The Morgan fingerprint density at radius 2 is 1.56 bits per heavy atom. The topological polar surface area (TPSA) is 92.1 Å². The summed E-state index contributed by atoms with van der Waals surface area (Å²) in [7, 11) is -0.810. The number of methoxy groups -OCH3 is 2. The number of rotatable bonds is 19. The van der Waals surface area contributed by atoms with Crippen LogP contribution in [0, 0.1) is 13.5 Å². The molecule has 3 atom stereocenters. The standard InChI is InChI=1S/C49H73N3O7Si2/c1-33(2)61(14,34(3)4)58-27-20-19-21-37-31-52(26-28-56-37)47(50-9)43(29-36-30-44(59-60(12,13)49(6,7)8)46(55-11)35(5)45(36)54-10)51-48(53)57-32-42-40-24-17-15-22-38(40)39-23-16-18-25-41(39)42/h15-18,22-25,30,33-34,37,42-43,47H,19-21,26-29,31-32H2,1-8,10-14H3,(H,51,53)/t37-,43?,47+/m0/s1. The van der Waals surface area contributed by atoms with Gasteiger partial charge < -0.3 is 33.1 Å². The van der Waals surface area contributed by atoms with Gasteiger partial charge in [0.2, 0.25) is 0 Å². The molecule has 0 saturated carbocycles. The van der Waals surface area contributed by atoms with Gasteiger partial charge in [0, 0.05) is 43.2 Å². The number of nitrogens with one attached hydrogen (secondary N) is 1. The van der Waals surface area contributed by atoms with Crippen molar-refractivity contribution >= 4 is 22.7 Å². The Labute approximate surface area is 369 Å². The molecule has 0 spiro atoms. The van der Waals surface area contributed by atoms with Crippen molar-refractivity contribution < 1.29 is 32.6 Å². The molecule has 1 unspecified atom stereocenters. The fourth-order valence-electron chi connectivity index (χ4n) is 8.62. The summed E-state index contributed by atoms with van der Waals surface area (Å²) in [6.07, 6.45) is 1.82. The number of amides is 1. The van der Waals surface area contributed by atoms with E-state index in [4.69, 9.17) is 34.4 Å². The Morgan fingerprint density at radius 1 is 0.951 bits per heavy atom. The van der Waals surface area contributed by atoms with Crippen molar-refractivity contribution in [2.75, 3.05) is 47.1 Å². The fraction of sp³-hybridized carbons (Fsp3) is 0.592. The van der Waals surface area contributed by atoms with Crippen LogP contribution in [0.5, 0.6) is 17.2 Å². The van der Waals surface area contributed by atoms with Gasteiger partial charge in [-0.1, -0.05) is 97.0 Å². The normalized spacial score (nSPS) is 17.0. The van der Waals surface area contributed by atoms with E-state index in [1.165, 1.54) is 0 Å². The van der Waals surface area contributed by atoms with Gasteiger partial charge >= 0.3 is 6.09 Å². The predicted octanol–water partition coefficient (Wildman–Crippen LogP) is 11.4. The Morgan fingerprint density at radius 3 is 2.11 bits per heavy atom. The maximum absolute atomic E-state index is 14.1. The highest BCUT2D eigenvalue weighted by molar-refractivity contribution is 6.75. The number of hydrogen-bond donors (Lipinski definition) is 1. The van der Waals surface area contributed by atoms with Crippen LogP contribution < -0.4 is 19.2 Å². The second-order valence-electron chi connectivity index (χ2n) is 19.2. The summed E-state index contributed by atoms with van der Waals surface area (Å²) in [6, 6.07) is 17.9. The van der Waals surface area contributed by atoms with Gasteiger partial charge in [0.1, 0.15) is 24.1 Å². The number of carbonyl (C=O) groups excluding carboxylic acids is 1. The van der Waals surface area contributed by atoms with E-state index in [2.05, 4.69) is 107 Å². The minimum atomic E-state index is -2.29. The number of nitrogens with zero attached hydrogens (tertiary/aromatic N) is 2. The van der Waals surface area contributed by atoms with E-state index in [0.29, 0.717) is 54.4 Å². The molecule has 5 rings (SSSR count). The molecular weight excluding hydrogens is 799 g/mol. The van der Waals surface area contributed by atoms with E-state index in [1.807, 2.05) is 37.3 Å². The first kappa shape index (κ1) is 48.2. The van der Waals surface area contributed by atoms with Crippen molar-refractivity contribution in [3.63, 3.8) is 0 Å². The molecule has 0 bridgehead atoms. The zero-order valence-electron chi connectivity index (χ0n) is 39.3. The summed E-state index contributed by atoms with van der Waals surface area (Å²) in [4.78, 5) is 20.5. The minimum absolute atomic E-state index is 0.0331. The van der Waals surface area contributed by atoms with Crippen molar-refractivity contribution in [3.05, 3.63) is 88.3 Å². The lowest BCUT2D eigenvalue weighted by Gasteiger charge is -2.37. The Hall–Kier alpha value is -3.87. The maximum Gasteiger partial charge on any atom is 0.407 e. The molecule has 3 aromatic rings. The number of fused-ring (bicyclic) bond motifs is 3. The zero-order chi connectivity index (χ0) is 44.7. The SMILES string of the molecule is [C-]#[N+][C@@H](C(Cc1cc(O[Si](C)(C)C(C)(C)C)c(OC)c(C)c1OC)NC(=O)OCC1c2ccccc2-c2ccccc21)N1CCO[C@@H](CCCCO[Si](C)(C(C)C)C(C)C)C1. The van der Waals surface area contributed by atoms with Crippen LogP contribution in [-0.4, -0.2) is 93.1 Å². The quantitative estimate of drug-likeness (QED) is 0.0723. The highest BCUT2D eigenvalue weighted by Gasteiger charge is 2.42. The third kappa shape index (κ3) is 11.0. The summed E-state index contributed by atoms with van der Waals surface area (Å²) in [6.45, 7) is 35.7. The molecule has 1 aliphatic carbocycles. The van der Waals surface area contributed by atoms with Gasteiger partial charge in [-0.3, -0.25) is 4.85 Å². The third-order valence-corrected chi connectivity index (χ3v) is 23.6. The van der Waals surface area contributed by atoms with Gasteiger partial charge in [-0.2, -0.15) is 0 Å². The summed E-state index contributed by atoms with van der Waals surface area (Å²) in [5, 5.41) is 3.14. The first-order chi connectivity index (χ1) is 28.9. The van der Waals surface area contributed by atoms with Crippen LogP contribution in [0.15, 0.2) is 54.6 Å². The molecule has 1 amide bonds. The molecule has 2 aliphatic rings. The lowest BCUT2D eigenvalue weighted by Crippen LogP contribution is -2.56. The first-order valence-corrected chi connectivity index (χ1v) is 27.7. The largest absolute Gasteiger partial charge is 0.541 e. The van der Waals surface area contributed by atoms with Crippen molar-refractivity contribution in [2.45, 2.75) is 141 Å². The Bertz CT molecular complexity index is 1940. The van der Waals surface area contributed by atoms with Gasteiger partial charge in [0.05, 0.1) is 26.9 Å². The number of unbranched alkanes of at least 4 members (excludes halogenated alkanes) is 1. The van der Waals surface area contributed by atoms with Crippen molar-refractivity contribution in [1.29, 1.82) is 0 Å². The Balaban J connectivity index is 1.39. The molecule has 334 valence electrons. The average molecular weight is 872 g/mol. The van der Waals surface area contributed by atoms with E-state index in [-0.39, 0.29) is 23.7 Å². The molecule has 1 saturated heterocycles. The highest BCUT2D eigenvalue weighted by Crippen LogP contribution is 2.46. The number of ether oxygens (including phenoxy) is 4. The minimum Gasteiger partial charge on any atom is -0.541 e. The number of alkyl carbamates (subject to hydrolysis) is 1. The molecule has 10 nitrogen and oxygen atoms in total. The van der Waals surface area contributed by atoms with Crippen molar-refractivity contribution in [1.82, 2.24) is 10.2 Å². The lowest BCUT2D eigenvalue weighted by molar-refractivity contribution is -0.0459. The second-order valence-corrected chi connectivity index (χ2v) is 28.9. The number of morpholine rings is 1. The number of benzene rings is 3. The first-order valence-electron chi connectivity index (χ1n) is 22.3. The summed E-state index contributed by atoms with van der Waals surface area (Å²) >= 11 is 0. The van der Waals surface area contributed by atoms with Gasteiger partial charge in [-0.15, -0.1) is 0 Å². The van der Waals surface area contributed by atoms with Gasteiger partial charge in [0.15, 0.2) is 14.1 Å². The van der Waals surface area contributed by atoms with Gasteiger partial charge in [0.25, 0.3) is 14.5 Å². The molecule has 1 N–H and O–H groups in total. The molecule has 0 aromatic heterocycles. The van der Waals surface area contributed by atoms with Crippen LogP contribution >= 0.6 is 0 Å². The van der Waals surface area contributed by atoms with Gasteiger partial charge in [-0.25, -0.2) is 16.3 Å². The van der Waals surface area contributed by atoms with Crippen LogP contribution in [0.1, 0.15) is 95.9 Å². The molecule has 0 radical (unpaired) electrons. The average Bonchev–Trinajstić information content (AvgIpc) is 3.53. The molecule has 1 fully saturated rings. The third-order valence-electron chi connectivity index (χ3n) is 13.8. The maximum atomic E-state index is 14.1. The van der Waals surface area contributed by atoms with E-state index in [9.17, 15) is 4.79 Å². The van der Waals surface area contributed by atoms with Crippen LogP contribution in [0.4, 0.5) is 4.79 Å². The smallest absolute Gasteiger partial charge is 0.407 e. The van der Waals surface area contributed by atoms with E-state index in [0.717, 1.165) is 59.3 Å². The fourth-order valence-corrected chi connectivity index (χ4v) is 12.2. The number of carbonyl (C=O) groups is 1. The van der Waals surface area contributed by atoms with Crippen LogP contribution in [0.2, 0.25) is 35.8 Å². The highest BCUT2D eigenvalue weighted by atomic mass is 28.4. The summed E-state index contributed by atoms with van der Waals surface area (Å²) < 4.78 is 37.9. The van der Waals surface area contributed by atoms with Crippen LogP contribution in [-0.2, 0) is 20.3 Å². The molecular formula is C49H73N3O7Si2. The second kappa shape index (κ2) is 20.5. The van der Waals surface area contributed by atoms with Crippen molar-refractivity contribution in [2.24, 2.45) is 0 Å². The molecule has 1 heterocycles. The molecule has 12 heteroatoms. The monoisotopic (exact) mass is 871 g/mol. The predicted molar refractivity (Wildman–Crippen MR) is 251 cm³/mol. The summed E-state index contributed by atoms with van der Waals surface area (Å²) in [5.74, 6) is 1.81. The number of hydrogen-bond acceptors (Lipinski definition) is 8. The zero-order valence-corrected chi connectivity index (χ0v) is 41.3. The molecule has 3 aromatic carbocycles. The van der Waals surface area contributed by atoms with E-state index >= 15 is 0 Å². The van der Waals surface area contributed by atoms with E-state index in [1.54, 1.807) is 14.2 Å².